The number of rotatable bonds is 10. The van der Waals surface area contributed by atoms with Crippen LogP contribution in [0.5, 0.6) is 0 Å². The molecular formula is C30H28N6OS. The number of nitrogens with one attached hydrogen (secondary N) is 1. The van der Waals surface area contributed by atoms with Crippen LogP contribution in [0.2, 0.25) is 0 Å². The number of anilines is 1. The standard InChI is InChI=1S/C30H28N6OS/c1-2-13-35(21-29-33-12-14-36(29)20-23-7-5-22(17-31)6-8-23)26-9-10-27-25(15-26)16-28(38-27)30(37)34-19-24-4-3-11-32-18-24/h3-12,14-16,18H,2,13,19-21H2,1H3,(H,34,37). The molecular weight excluding hydrogens is 492 g/mol. The highest BCUT2D eigenvalue weighted by Gasteiger charge is 2.15. The normalized spacial score (nSPS) is 10.8. The minimum Gasteiger partial charge on any atom is -0.364 e. The van der Waals surface area contributed by atoms with Gasteiger partial charge >= 0.3 is 0 Å². The summed E-state index contributed by atoms with van der Waals surface area (Å²) in [5.74, 6) is 0.899. The monoisotopic (exact) mass is 520 g/mol. The van der Waals surface area contributed by atoms with Crippen molar-refractivity contribution in [2.45, 2.75) is 33.0 Å². The number of hydrogen-bond donors (Lipinski definition) is 1. The molecule has 1 amide bonds. The zero-order valence-corrected chi connectivity index (χ0v) is 22.0. The smallest absolute Gasteiger partial charge is 0.261 e. The molecule has 5 aromatic rings. The van der Waals surface area contributed by atoms with E-state index in [2.05, 4.69) is 55.9 Å². The second-order valence-corrected chi connectivity index (χ2v) is 10.2. The number of pyridine rings is 1. The van der Waals surface area contributed by atoms with Crippen LogP contribution >= 0.6 is 11.3 Å². The predicted octanol–water partition coefficient (Wildman–Crippen LogP) is 5.76. The van der Waals surface area contributed by atoms with E-state index in [1.54, 1.807) is 12.4 Å². The van der Waals surface area contributed by atoms with Crippen molar-refractivity contribution in [3.63, 3.8) is 0 Å². The maximum atomic E-state index is 12.8. The molecule has 1 N–H and O–H groups in total. The fourth-order valence-corrected chi connectivity index (χ4v) is 5.33. The average Bonchev–Trinajstić information content (AvgIpc) is 3.58. The van der Waals surface area contributed by atoms with Crippen LogP contribution in [0.3, 0.4) is 0 Å². The molecule has 7 nitrogen and oxygen atoms in total. The van der Waals surface area contributed by atoms with Crippen molar-refractivity contribution in [2.75, 3.05) is 11.4 Å². The van der Waals surface area contributed by atoms with Crippen LogP contribution in [0.15, 0.2) is 85.5 Å². The molecule has 3 heterocycles. The first-order valence-electron chi connectivity index (χ1n) is 12.6. The number of nitrogens with zero attached hydrogens (tertiary/aromatic N) is 5. The van der Waals surface area contributed by atoms with Gasteiger partial charge in [0.15, 0.2) is 0 Å². The Morgan fingerprint density at radius 3 is 2.74 bits per heavy atom. The molecule has 190 valence electrons. The third kappa shape index (κ3) is 5.90. The topological polar surface area (TPSA) is 86.8 Å². The quantitative estimate of drug-likeness (QED) is 0.253. The molecule has 0 aliphatic carbocycles. The number of thiophene rings is 1. The van der Waals surface area contributed by atoms with Gasteiger partial charge in [0.25, 0.3) is 5.91 Å². The summed E-state index contributed by atoms with van der Waals surface area (Å²) in [5.41, 5.74) is 3.86. The van der Waals surface area contributed by atoms with E-state index >= 15 is 0 Å². The SMILES string of the molecule is CCCN(Cc1nccn1Cc1ccc(C#N)cc1)c1ccc2sc(C(=O)NCc3cccnc3)cc2c1. The molecule has 0 aliphatic heterocycles. The Bertz CT molecular complexity index is 1570. The molecule has 0 spiro atoms. The number of nitriles is 1. The molecule has 8 heteroatoms. The van der Waals surface area contributed by atoms with Crippen molar-refractivity contribution >= 4 is 33.0 Å². The Balaban J connectivity index is 1.31. The van der Waals surface area contributed by atoms with E-state index in [0.717, 1.165) is 45.7 Å². The Labute approximate surface area is 226 Å². The first-order chi connectivity index (χ1) is 18.6. The minimum atomic E-state index is -0.0770. The minimum absolute atomic E-state index is 0.0770. The van der Waals surface area contributed by atoms with Gasteiger partial charge in [-0.2, -0.15) is 5.26 Å². The predicted molar refractivity (Wildman–Crippen MR) is 151 cm³/mol. The summed E-state index contributed by atoms with van der Waals surface area (Å²) in [6.45, 7) is 4.88. The number of amides is 1. The van der Waals surface area contributed by atoms with E-state index in [0.29, 0.717) is 30.1 Å². The van der Waals surface area contributed by atoms with Gasteiger partial charge in [-0.3, -0.25) is 9.78 Å². The molecule has 0 bridgehead atoms. The lowest BCUT2D eigenvalue weighted by Gasteiger charge is -2.24. The third-order valence-corrected chi connectivity index (χ3v) is 7.44. The second-order valence-electron chi connectivity index (χ2n) is 9.08. The third-order valence-electron chi connectivity index (χ3n) is 6.33. The Hall–Kier alpha value is -4.48. The lowest BCUT2D eigenvalue weighted by Crippen LogP contribution is -2.25. The van der Waals surface area contributed by atoms with Gasteiger partial charge in [-0.15, -0.1) is 11.3 Å². The van der Waals surface area contributed by atoms with E-state index in [1.807, 2.05) is 54.9 Å². The molecule has 0 fully saturated rings. The van der Waals surface area contributed by atoms with Crippen LogP contribution in [0, 0.1) is 11.3 Å². The van der Waals surface area contributed by atoms with Gasteiger partial charge < -0.3 is 14.8 Å². The van der Waals surface area contributed by atoms with Crippen LogP contribution in [-0.4, -0.2) is 27.0 Å². The molecule has 0 saturated carbocycles. The molecule has 5 rings (SSSR count). The molecule has 0 aliphatic rings. The lowest BCUT2D eigenvalue weighted by molar-refractivity contribution is 0.0955. The summed E-state index contributed by atoms with van der Waals surface area (Å²) in [7, 11) is 0. The number of carbonyl (C=O) groups excluding carboxylic acids is 1. The molecule has 0 radical (unpaired) electrons. The fourth-order valence-electron chi connectivity index (χ4n) is 4.37. The number of benzene rings is 2. The van der Waals surface area contributed by atoms with Crippen molar-refractivity contribution in [1.82, 2.24) is 19.9 Å². The van der Waals surface area contributed by atoms with Crippen molar-refractivity contribution in [3.05, 3.63) is 113 Å². The van der Waals surface area contributed by atoms with Crippen LogP contribution in [0.25, 0.3) is 10.1 Å². The van der Waals surface area contributed by atoms with E-state index in [1.165, 1.54) is 11.3 Å². The number of carbonyl (C=O) groups is 1. The van der Waals surface area contributed by atoms with Gasteiger partial charge in [-0.25, -0.2) is 4.98 Å². The molecule has 0 saturated heterocycles. The van der Waals surface area contributed by atoms with Crippen molar-refractivity contribution < 1.29 is 4.79 Å². The summed E-state index contributed by atoms with van der Waals surface area (Å²) in [6.07, 6.45) is 8.31. The first-order valence-corrected chi connectivity index (χ1v) is 13.4. The van der Waals surface area contributed by atoms with Crippen LogP contribution < -0.4 is 10.2 Å². The number of imidazole rings is 1. The Morgan fingerprint density at radius 2 is 1.97 bits per heavy atom. The van der Waals surface area contributed by atoms with Gasteiger partial charge in [0.2, 0.25) is 0 Å². The highest BCUT2D eigenvalue weighted by Crippen LogP contribution is 2.30. The summed E-state index contributed by atoms with van der Waals surface area (Å²) in [5, 5.41) is 13.1. The number of fused-ring (bicyclic) bond motifs is 1. The number of aromatic nitrogens is 3. The zero-order valence-electron chi connectivity index (χ0n) is 21.2. The first kappa shape index (κ1) is 25.2. The highest BCUT2D eigenvalue weighted by molar-refractivity contribution is 7.20. The van der Waals surface area contributed by atoms with Crippen LogP contribution in [0.1, 0.15) is 45.5 Å². The summed E-state index contributed by atoms with van der Waals surface area (Å²) in [6, 6.07) is 22.0. The lowest BCUT2D eigenvalue weighted by atomic mass is 10.1. The molecule has 0 unspecified atom stereocenters. The Kier molecular flexibility index (Phi) is 7.76. The largest absolute Gasteiger partial charge is 0.364 e. The second kappa shape index (κ2) is 11.7. The van der Waals surface area contributed by atoms with Crippen LogP contribution in [0.4, 0.5) is 5.69 Å². The van der Waals surface area contributed by atoms with E-state index in [9.17, 15) is 4.79 Å². The summed E-state index contributed by atoms with van der Waals surface area (Å²) < 4.78 is 3.23. The van der Waals surface area contributed by atoms with Gasteiger partial charge in [0, 0.05) is 54.8 Å². The maximum Gasteiger partial charge on any atom is 0.261 e. The van der Waals surface area contributed by atoms with Gasteiger partial charge in [-0.05, 0) is 65.4 Å². The average molecular weight is 521 g/mol. The zero-order chi connectivity index (χ0) is 26.3. The van der Waals surface area contributed by atoms with E-state index in [4.69, 9.17) is 5.26 Å². The Morgan fingerprint density at radius 1 is 1.11 bits per heavy atom. The van der Waals surface area contributed by atoms with Gasteiger partial charge in [-0.1, -0.05) is 25.1 Å². The summed E-state index contributed by atoms with van der Waals surface area (Å²) in [4.78, 5) is 24.6. The van der Waals surface area contributed by atoms with Crippen molar-refractivity contribution in [2.24, 2.45) is 0 Å². The van der Waals surface area contributed by atoms with Crippen LogP contribution in [-0.2, 0) is 19.6 Å². The molecule has 3 aromatic heterocycles. The maximum absolute atomic E-state index is 12.8. The van der Waals surface area contributed by atoms with Gasteiger partial charge in [0.1, 0.15) is 5.82 Å². The molecule has 38 heavy (non-hydrogen) atoms. The molecule has 2 aromatic carbocycles. The fraction of sp³-hybridized carbons (Fsp3) is 0.200. The van der Waals surface area contributed by atoms with Crippen molar-refractivity contribution in [1.29, 1.82) is 5.26 Å². The van der Waals surface area contributed by atoms with E-state index < -0.39 is 0 Å². The highest BCUT2D eigenvalue weighted by atomic mass is 32.1. The number of hydrogen-bond acceptors (Lipinski definition) is 6. The van der Waals surface area contributed by atoms with Gasteiger partial charge in [0.05, 0.1) is 23.1 Å². The summed E-state index contributed by atoms with van der Waals surface area (Å²) >= 11 is 1.50. The molecule has 0 atom stereocenters. The van der Waals surface area contributed by atoms with E-state index in [-0.39, 0.29) is 5.91 Å². The van der Waals surface area contributed by atoms with Crippen molar-refractivity contribution in [3.8, 4) is 6.07 Å².